The summed E-state index contributed by atoms with van der Waals surface area (Å²) >= 11 is 4.75. The monoisotopic (exact) mass is 1020 g/mol. The van der Waals surface area contributed by atoms with Crippen LogP contribution in [-0.2, 0) is 57.7 Å². The average Bonchev–Trinajstić information content (AvgIpc) is 4.17. The predicted octanol–water partition coefficient (Wildman–Crippen LogP) is 4.87. The summed E-state index contributed by atoms with van der Waals surface area (Å²) in [5, 5.41) is 20.6. The van der Waals surface area contributed by atoms with Gasteiger partial charge in [0.15, 0.2) is 0 Å². The molecule has 0 unspecified atom stereocenters. The fraction of sp³-hybridized carbons (Fsp3) is 0.472. The molecule has 6 aliphatic heterocycles. The first-order valence-electron chi connectivity index (χ1n) is 23.8. The van der Waals surface area contributed by atoms with Crippen LogP contribution in [0.3, 0.4) is 0 Å². The van der Waals surface area contributed by atoms with E-state index >= 15 is 0 Å². The number of aryl methyl sites for hydroxylation is 2. The van der Waals surface area contributed by atoms with Crippen LogP contribution in [0.1, 0.15) is 104 Å². The van der Waals surface area contributed by atoms with Gasteiger partial charge >= 0.3 is 41.5 Å². The molecule has 0 aromatic carbocycles. The van der Waals surface area contributed by atoms with Crippen LogP contribution in [0.2, 0.25) is 0 Å². The second-order valence-corrected chi connectivity index (χ2v) is 22.5. The van der Waals surface area contributed by atoms with Gasteiger partial charge in [0.05, 0.1) is 54.2 Å². The van der Waals surface area contributed by atoms with Crippen LogP contribution < -0.4 is 34.7 Å². The maximum atomic E-state index is 12.6. The first kappa shape index (κ1) is 54.9. The fourth-order valence-electron chi connectivity index (χ4n) is 10.5. The maximum Gasteiger partial charge on any atom is 1.00 e. The predicted molar refractivity (Wildman–Crippen MR) is 266 cm³/mol. The van der Waals surface area contributed by atoms with Crippen molar-refractivity contribution in [1.29, 1.82) is 0 Å². The molecule has 0 spiro atoms. The van der Waals surface area contributed by atoms with Crippen molar-refractivity contribution in [3.8, 4) is 0 Å². The molecule has 0 radical (unpaired) electrons. The van der Waals surface area contributed by atoms with Gasteiger partial charge in [-0.3, -0.25) is 14.4 Å². The van der Waals surface area contributed by atoms with Crippen LogP contribution in [-0.4, -0.2) is 86.8 Å². The largest absolute Gasteiger partial charge is 1.00 e. The minimum absolute atomic E-state index is 0. The third-order valence-electron chi connectivity index (χ3n) is 13.8. The number of β-lactam (4-membered cyclic amide) rings is 3. The van der Waals surface area contributed by atoms with Gasteiger partial charge in [0.2, 0.25) is 17.7 Å². The summed E-state index contributed by atoms with van der Waals surface area (Å²) < 4.78 is 10.5. The average molecular weight is 1020 g/mol. The summed E-state index contributed by atoms with van der Waals surface area (Å²) in [5.41, 5.74) is 3.45. The molecule has 0 saturated carbocycles. The molecule has 6 aliphatic rings. The number of amides is 3. The first-order valence-corrected chi connectivity index (χ1v) is 26.2. The summed E-state index contributed by atoms with van der Waals surface area (Å²) in [7, 11) is 0. The number of hydrogen-bond donors (Lipinski definition) is 1. The number of esters is 2. The molecule has 9 heterocycles. The quantitative estimate of drug-likeness (QED) is 0.0904. The number of carboxylic acid groups (broad SMARTS) is 1. The summed E-state index contributed by atoms with van der Waals surface area (Å²) in [6.45, 7) is 23.8. The number of carboxylic acids is 1. The van der Waals surface area contributed by atoms with Crippen LogP contribution in [0.15, 0.2) is 78.8 Å². The molecule has 0 bridgehead atoms. The Labute approximate surface area is 444 Å². The third-order valence-corrected chi connectivity index (χ3v) is 17.5. The minimum Gasteiger partial charge on any atom is -0.543 e. The molecule has 1 N–H and O–H groups in total. The van der Waals surface area contributed by atoms with Crippen molar-refractivity contribution in [2.24, 2.45) is 35.5 Å². The van der Waals surface area contributed by atoms with Gasteiger partial charge in [-0.25, -0.2) is 9.59 Å². The zero-order valence-electron chi connectivity index (χ0n) is 41.6. The van der Waals surface area contributed by atoms with Gasteiger partial charge in [0.1, 0.15) is 24.6 Å². The first-order chi connectivity index (χ1) is 32.9. The topological polar surface area (TPSA) is 174 Å². The molecule has 9 rings (SSSR count). The Morgan fingerprint density at radius 1 is 0.614 bits per heavy atom. The standard InChI is InChI=1S/2C19H23NO3S.C15H17NO4S.Na/c2*1-5-9-23-19(22)17-13(15-8-7-12(6-2)24-15)10-14-16(11(3)4)18(21)20(14)17;1-7(2)12-10-5-9(11-4-3-8(6-17)21-11)13(15(19)20)16(10)14(12)18;/h2*5,7-8,11,14,16H,1,6,9-10H2,2-4H3;3-4,7,10,12,17H,5-6H2,1-2H3,(H,19,20);/q;;;+1/p-1/t2*14-,16-;10-,12-;/m111./s1. The maximum absolute atomic E-state index is 12.6. The van der Waals surface area contributed by atoms with Crippen molar-refractivity contribution in [3.05, 3.63) is 108 Å². The molecule has 3 fully saturated rings. The van der Waals surface area contributed by atoms with Crippen molar-refractivity contribution in [2.75, 3.05) is 13.2 Å². The number of ether oxygens (including phenoxy) is 2. The van der Waals surface area contributed by atoms with Gasteiger partial charge in [-0.2, -0.15) is 0 Å². The van der Waals surface area contributed by atoms with Crippen LogP contribution in [0.4, 0.5) is 0 Å². The number of hydrogen-bond acceptors (Lipinski definition) is 13. The zero-order chi connectivity index (χ0) is 50.2. The Kier molecular flexibility index (Phi) is 18.0. The molecule has 70 heavy (non-hydrogen) atoms. The Balaban J connectivity index is 0.000000171. The molecule has 17 heteroatoms. The van der Waals surface area contributed by atoms with Crippen LogP contribution in [0.25, 0.3) is 16.7 Å². The van der Waals surface area contributed by atoms with Crippen molar-refractivity contribution in [1.82, 2.24) is 14.7 Å². The van der Waals surface area contributed by atoms with Gasteiger partial charge < -0.3 is 39.2 Å². The minimum atomic E-state index is -1.30. The number of aliphatic hydroxyl groups is 1. The van der Waals surface area contributed by atoms with Crippen LogP contribution >= 0.6 is 34.0 Å². The third kappa shape index (κ3) is 10.2. The number of aliphatic carboxylic acids is 1. The molecular weight excluding hydrogens is 958 g/mol. The van der Waals surface area contributed by atoms with E-state index in [0.29, 0.717) is 23.4 Å². The van der Waals surface area contributed by atoms with E-state index in [0.717, 1.165) is 56.3 Å². The molecule has 368 valence electrons. The molecule has 3 amide bonds. The zero-order valence-corrected chi connectivity index (χ0v) is 46.0. The normalized spacial score (nSPS) is 22.9. The van der Waals surface area contributed by atoms with E-state index in [-0.39, 0.29) is 126 Å². The number of nitrogens with zero attached hydrogens (tertiary/aromatic N) is 3. The van der Waals surface area contributed by atoms with Crippen molar-refractivity contribution < 1.29 is 78.0 Å². The summed E-state index contributed by atoms with van der Waals surface area (Å²) in [6.07, 6.45) is 7.03. The molecule has 13 nitrogen and oxygen atoms in total. The molecule has 3 aromatic rings. The van der Waals surface area contributed by atoms with E-state index in [1.807, 2.05) is 13.8 Å². The number of carbonyl (C=O) groups is 6. The number of carbonyl (C=O) groups excluding carboxylic acids is 6. The smallest absolute Gasteiger partial charge is 0.543 e. The van der Waals surface area contributed by atoms with Crippen molar-refractivity contribution >= 4 is 86.4 Å². The molecular formula is C53H62N3NaO10S3. The Bertz CT molecular complexity index is 2530. The number of aliphatic hydroxyl groups excluding tert-OH is 1. The number of rotatable bonds is 16. The van der Waals surface area contributed by atoms with E-state index in [1.54, 1.807) is 56.8 Å². The fourth-order valence-corrected chi connectivity index (χ4v) is 13.5. The van der Waals surface area contributed by atoms with Gasteiger partial charge in [-0.1, -0.05) is 80.7 Å². The Hall–Kier alpha value is -4.42. The molecule has 0 aliphatic carbocycles. The number of thiophene rings is 3. The van der Waals surface area contributed by atoms with Gasteiger partial charge in [0, 0.05) is 40.4 Å². The second-order valence-electron chi connectivity index (χ2n) is 19.0. The van der Waals surface area contributed by atoms with Crippen LogP contribution in [0, 0.1) is 35.5 Å². The van der Waals surface area contributed by atoms with E-state index in [9.17, 15) is 33.9 Å². The second kappa shape index (κ2) is 23.0. The SMILES string of the molecule is C=CCOC(=O)C1=C(c2ccc(CC)s2)C[C@@H]2[C@@H](C(C)C)C(=O)N12.C=CCOC(=O)C1=C(c2ccc(CC)s2)C[C@@H]2[C@@H](C(C)C)C(=O)N12.CC(C)[C@H]1C(=O)N2C(C(=O)[O-])=C(c3ccc(CO)s3)C[C@H]12.[Na+]. The van der Waals surface area contributed by atoms with E-state index in [2.05, 4.69) is 79.0 Å². The summed E-state index contributed by atoms with van der Waals surface area (Å²) in [6, 6.07) is 12.0. The summed E-state index contributed by atoms with van der Waals surface area (Å²) in [5.74, 6) is -1.56. The van der Waals surface area contributed by atoms with Crippen LogP contribution in [0.5, 0.6) is 0 Å². The molecule has 3 aromatic heterocycles. The van der Waals surface area contributed by atoms with E-state index < -0.39 is 17.9 Å². The number of fused-ring (bicyclic) bond motifs is 3. The van der Waals surface area contributed by atoms with Crippen molar-refractivity contribution in [2.45, 2.75) is 112 Å². The molecule has 3 saturated heterocycles. The van der Waals surface area contributed by atoms with Gasteiger partial charge in [0.25, 0.3) is 0 Å². The Morgan fingerprint density at radius 3 is 1.20 bits per heavy atom. The van der Waals surface area contributed by atoms with Crippen molar-refractivity contribution in [3.63, 3.8) is 0 Å². The Morgan fingerprint density at radius 2 is 0.929 bits per heavy atom. The van der Waals surface area contributed by atoms with Gasteiger partial charge in [-0.05, 0) is 91.8 Å². The van der Waals surface area contributed by atoms with E-state index in [4.69, 9.17) is 14.6 Å². The van der Waals surface area contributed by atoms with Gasteiger partial charge in [-0.15, -0.1) is 34.0 Å². The van der Waals surface area contributed by atoms with E-state index in [1.165, 1.54) is 26.0 Å². The molecule has 6 atom stereocenters. The summed E-state index contributed by atoms with van der Waals surface area (Å²) in [4.78, 5) is 84.9.